The minimum absolute atomic E-state index is 0.0147. The molecule has 1 fully saturated rings. The first-order valence-corrected chi connectivity index (χ1v) is 5.59. The van der Waals surface area contributed by atoms with Crippen LogP contribution < -0.4 is 5.73 Å². The van der Waals surface area contributed by atoms with E-state index in [4.69, 9.17) is 5.73 Å². The van der Waals surface area contributed by atoms with Crippen molar-refractivity contribution in [1.82, 2.24) is 30.0 Å². The Balaban J connectivity index is 1.98. The molecule has 17 heavy (non-hydrogen) atoms. The maximum atomic E-state index is 12.1. The van der Waals surface area contributed by atoms with Crippen molar-refractivity contribution in [3.63, 3.8) is 0 Å². The first-order chi connectivity index (χ1) is 8.20. The second-order valence-corrected chi connectivity index (χ2v) is 4.25. The number of likely N-dealkylation sites (N-methyl/N-ethyl adjacent to an activating group) is 1. The molecule has 94 valence electrons. The summed E-state index contributed by atoms with van der Waals surface area (Å²) in [7, 11) is 2.03. The molecule has 0 aliphatic carbocycles. The fourth-order valence-electron chi connectivity index (χ4n) is 2.02. The second-order valence-electron chi connectivity index (χ2n) is 4.25. The first-order valence-electron chi connectivity index (χ1n) is 5.59. The van der Waals surface area contributed by atoms with Gasteiger partial charge in [0.15, 0.2) is 0 Å². The van der Waals surface area contributed by atoms with E-state index in [-0.39, 0.29) is 18.5 Å². The van der Waals surface area contributed by atoms with Crippen molar-refractivity contribution in [1.29, 1.82) is 0 Å². The molecule has 8 heteroatoms. The Kier molecular flexibility index (Phi) is 3.64. The Bertz CT molecular complexity index is 365. The highest BCUT2D eigenvalue weighted by molar-refractivity contribution is 5.76. The molecule has 1 aliphatic heterocycles. The van der Waals surface area contributed by atoms with E-state index in [0.717, 1.165) is 13.1 Å². The van der Waals surface area contributed by atoms with Crippen LogP contribution in [0.2, 0.25) is 0 Å². The van der Waals surface area contributed by atoms with E-state index < -0.39 is 0 Å². The number of carbonyl (C=O) groups is 1. The molecular weight excluding hydrogens is 222 g/mol. The maximum absolute atomic E-state index is 12.1. The molecule has 0 radical (unpaired) electrons. The summed E-state index contributed by atoms with van der Waals surface area (Å²) in [6, 6.07) is 0.0812. The van der Waals surface area contributed by atoms with Crippen LogP contribution in [0.5, 0.6) is 0 Å². The Labute approximate surface area is 99.3 Å². The third kappa shape index (κ3) is 2.77. The van der Waals surface area contributed by atoms with Crippen LogP contribution in [0.4, 0.5) is 0 Å². The molecular formula is C9H17N7O. The fourth-order valence-corrected chi connectivity index (χ4v) is 2.02. The lowest BCUT2D eigenvalue weighted by Gasteiger charge is -2.39. The quantitative estimate of drug-likeness (QED) is 0.642. The van der Waals surface area contributed by atoms with Crippen LogP contribution in [0.1, 0.15) is 0 Å². The lowest BCUT2D eigenvalue weighted by Crippen LogP contribution is -2.57. The number of piperazine rings is 1. The molecule has 1 aromatic rings. The lowest BCUT2D eigenvalue weighted by molar-refractivity contribution is -0.136. The SMILES string of the molecule is CN1CCN(C(=O)Cn2cnnn2)C(CN)C1. The van der Waals surface area contributed by atoms with Gasteiger partial charge in [-0.3, -0.25) is 4.79 Å². The summed E-state index contributed by atoms with van der Waals surface area (Å²) in [5, 5.41) is 10.7. The number of nitrogens with two attached hydrogens (primary N) is 1. The van der Waals surface area contributed by atoms with E-state index in [1.165, 1.54) is 11.0 Å². The predicted molar refractivity (Wildman–Crippen MR) is 59.9 cm³/mol. The third-order valence-corrected chi connectivity index (χ3v) is 2.97. The number of hydrogen-bond acceptors (Lipinski definition) is 6. The third-order valence-electron chi connectivity index (χ3n) is 2.97. The average molecular weight is 239 g/mol. The van der Waals surface area contributed by atoms with Crippen molar-refractivity contribution in [2.75, 3.05) is 33.2 Å². The van der Waals surface area contributed by atoms with Gasteiger partial charge >= 0.3 is 0 Å². The van der Waals surface area contributed by atoms with Gasteiger partial charge in [-0.1, -0.05) is 0 Å². The van der Waals surface area contributed by atoms with E-state index >= 15 is 0 Å². The van der Waals surface area contributed by atoms with Crippen LogP contribution >= 0.6 is 0 Å². The Morgan fingerprint density at radius 2 is 2.35 bits per heavy atom. The Hall–Kier alpha value is -1.54. The number of amides is 1. The largest absolute Gasteiger partial charge is 0.334 e. The van der Waals surface area contributed by atoms with Gasteiger partial charge in [0.1, 0.15) is 12.9 Å². The van der Waals surface area contributed by atoms with Crippen molar-refractivity contribution in [2.24, 2.45) is 5.73 Å². The van der Waals surface area contributed by atoms with E-state index in [9.17, 15) is 4.79 Å². The van der Waals surface area contributed by atoms with Crippen molar-refractivity contribution in [3.05, 3.63) is 6.33 Å². The molecule has 1 amide bonds. The van der Waals surface area contributed by atoms with Crippen LogP contribution in [-0.4, -0.2) is 75.2 Å². The van der Waals surface area contributed by atoms with Gasteiger partial charge in [0, 0.05) is 26.2 Å². The Morgan fingerprint density at radius 3 is 3.00 bits per heavy atom. The summed E-state index contributed by atoms with van der Waals surface area (Å²) in [4.78, 5) is 16.1. The average Bonchev–Trinajstić information content (AvgIpc) is 2.81. The van der Waals surface area contributed by atoms with Gasteiger partial charge in [-0.05, 0) is 17.5 Å². The van der Waals surface area contributed by atoms with Crippen molar-refractivity contribution >= 4 is 5.91 Å². The highest BCUT2D eigenvalue weighted by Crippen LogP contribution is 2.08. The van der Waals surface area contributed by atoms with Gasteiger partial charge < -0.3 is 15.5 Å². The molecule has 0 spiro atoms. The van der Waals surface area contributed by atoms with Crippen LogP contribution in [0, 0.1) is 0 Å². The van der Waals surface area contributed by atoms with Crippen LogP contribution in [0.25, 0.3) is 0 Å². The first kappa shape index (κ1) is 11.9. The summed E-state index contributed by atoms with van der Waals surface area (Å²) >= 11 is 0. The number of carbonyl (C=O) groups excluding carboxylic acids is 1. The molecule has 2 heterocycles. The second kappa shape index (κ2) is 5.19. The van der Waals surface area contributed by atoms with Gasteiger partial charge in [0.05, 0.1) is 6.04 Å². The molecule has 1 saturated heterocycles. The number of nitrogens with zero attached hydrogens (tertiary/aromatic N) is 6. The number of tetrazole rings is 1. The van der Waals surface area contributed by atoms with Gasteiger partial charge in [-0.2, -0.15) is 0 Å². The monoisotopic (exact) mass is 239 g/mol. The Morgan fingerprint density at radius 1 is 1.53 bits per heavy atom. The summed E-state index contributed by atoms with van der Waals surface area (Å²) in [6.45, 7) is 3.05. The molecule has 8 nitrogen and oxygen atoms in total. The number of rotatable bonds is 3. The zero-order valence-electron chi connectivity index (χ0n) is 9.86. The molecule has 1 atom stereocenters. The highest BCUT2D eigenvalue weighted by atomic mass is 16.2. The minimum atomic E-state index is 0.0147. The van der Waals surface area contributed by atoms with E-state index in [1.807, 2.05) is 11.9 Å². The maximum Gasteiger partial charge on any atom is 0.244 e. The fraction of sp³-hybridized carbons (Fsp3) is 0.778. The van der Waals surface area contributed by atoms with Crippen molar-refractivity contribution < 1.29 is 4.79 Å². The van der Waals surface area contributed by atoms with Crippen molar-refractivity contribution in [3.8, 4) is 0 Å². The zero-order chi connectivity index (χ0) is 12.3. The molecule has 0 aromatic carbocycles. The molecule has 1 aliphatic rings. The summed E-state index contributed by atoms with van der Waals surface area (Å²) in [5.41, 5.74) is 5.70. The summed E-state index contributed by atoms with van der Waals surface area (Å²) in [5.74, 6) is 0.0147. The van der Waals surface area contributed by atoms with Gasteiger partial charge in [0.25, 0.3) is 0 Å². The van der Waals surface area contributed by atoms with Crippen LogP contribution in [0.15, 0.2) is 6.33 Å². The molecule has 1 aromatic heterocycles. The van der Waals surface area contributed by atoms with Gasteiger partial charge in [-0.15, -0.1) is 5.10 Å². The molecule has 0 bridgehead atoms. The number of aromatic nitrogens is 4. The smallest absolute Gasteiger partial charge is 0.244 e. The van der Waals surface area contributed by atoms with E-state index in [2.05, 4.69) is 20.4 Å². The lowest BCUT2D eigenvalue weighted by atomic mass is 10.1. The van der Waals surface area contributed by atoms with Crippen LogP contribution in [-0.2, 0) is 11.3 Å². The predicted octanol–water partition coefficient (Wildman–Crippen LogP) is -2.23. The zero-order valence-corrected chi connectivity index (χ0v) is 9.86. The molecule has 0 saturated carbocycles. The standard InChI is InChI=1S/C9H17N7O/c1-14-2-3-16(8(4-10)5-14)9(17)6-15-7-11-12-13-15/h7-8H,2-6,10H2,1H3. The highest BCUT2D eigenvalue weighted by Gasteiger charge is 2.27. The van der Waals surface area contributed by atoms with Gasteiger partial charge in [0.2, 0.25) is 5.91 Å². The van der Waals surface area contributed by atoms with Crippen LogP contribution in [0.3, 0.4) is 0 Å². The summed E-state index contributed by atoms with van der Waals surface area (Å²) < 4.78 is 1.42. The molecule has 2 N–H and O–H groups in total. The van der Waals surface area contributed by atoms with E-state index in [0.29, 0.717) is 13.1 Å². The van der Waals surface area contributed by atoms with Gasteiger partial charge in [-0.25, -0.2) is 4.68 Å². The topological polar surface area (TPSA) is 93.2 Å². The van der Waals surface area contributed by atoms with Crippen molar-refractivity contribution in [2.45, 2.75) is 12.6 Å². The number of hydrogen-bond donors (Lipinski definition) is 1. The molecule has 1 unspecified atom stereocenters. The van der Waals surface area contributed by atoms with E-state index in [1.54, 1.807) is 0 Å². The normalized spacial score (nSPS) is 21.8. The minimum Gasteiger partial charge on any atom is -0.334 e. The summed E-state index contributed by atoms with van der Waals surface area (Å²) in [6.07, 6.45) is 1.44. The molecule has 2 rings (SSSR count).